The van der Waals surface area contributed by atoms with Gasteiger partial charge in [0.2, 0.25) is 23.6 Å². The molecule has 1 saturated carbocycles. The molecule has 2 aromatic heterocycles. The molecule has 1 aliphatic rings. The van der Waals surface area contributed by atoms with Gasteiger partial charge in [0, 0.05) is 25.4 Å². The van der Waals surface area contributed by atoms with Crippen LogP contribution in [-0.4, -0.2) is 71.2 Å². The number of amides is 1. The molecule has 37 heavy (non-hydrogen) atoms. The van der Waals surface area contributed by atoms with E-state index in [9.17, 15) is 13.2 Å². The fourth-order valence-corrected chi connectivity index (χ4v) is 5.38. The molecule has 1 aliphatic carbocycles. The fraction of sp³-hybridized carbons (Fsp3) is 0.524. The van der Waals surface area contributed by atoms with Crippen LogP contribution in [0.3, 0.4) is 0 Å². The van der Waals surface area contributed by atoms with E-state index in [2.05, 4.69) is 19.9 Å². The van der Waals surface area contributed by atoms with Gasteiger partial charge >= 0.3 is 0 Å². The van der Waals surface area contributed by atoms with Crippen molar-refractivity contribution in [3.8, 4) is 11.8 Å². The van der Waals surface area contributed by atoms with E-state index in [4.69, 9.17) is 37.0 Å². The van der Waals surface area contributed by atoms with Crippen LogP contribution in [0.1, 0.15) is 38.6 Å². The van der Waals surface area contributed by atoms with E-state index in [-0.39, 0.29) is 34.2 Å². The van der Waals surface area contributed by atoms with E-state index in [0.717, 1.165) is 24.2 Å². The molecule has 1 amide bonds. The molecule has 2 aromatic rings. The molecule has 14 nitrogen and oxygen atoms in total. The van der Waals surface area contributed by atoms with Crippen LogP contribution in [0, 0.1) is 17.2 Å². The number of halogens is 1. The van der Waals surface area contributed by atoms with Gasteiger partial charge in [0.25, 0.3) is 10.0 Å². The minimum Gasteiger partial charge on any atom is -0.479 e. The van der Waals surface area contributed by atoms with E-state index in [1.807, 2.05) is 0 Å². The first kappa shape index (κ1) is 28.3. The molecule has 0 bridgehead atoms. The summed E-state index contributed by atoms with van der Waals surface area (Å²) in [6.45, 7) is 2.99. The molecule has 1 fully saturated rings. The van der Waals surface area contributed by atoms with Crippen molar-refractivity contribution < 1.29 is 27.4 Å². The number of methoxy groups -OCH3 is 3. The molecular weight excluding hydrogens is 528 g/mol. The highest BCUT2D eigenvalue weighted by atomic mass is 35.5. The molecule has 202 valence electrons. The Hall–Kier alpha value is -3.30. The van der Waals surface area contributed by atoms with Crippen LogP contribution in [0.5, 0.6) is 11.8 Å². The van der Waals surface area contributed by atoms with Gasteiger partial charge in [-0.25, -0.2) is 18.4 Å². The fourth-order valence-electron chi connectivity index (χ4n) is 3.76. The SMILES string of the molecule is COc1ncnc(OC)c1N(C(=O)[C@H](C)C1CC1)N(C(=N)N)S(=O)(=O)[C@@H](C)[C@H](OC)c1ncc(Cl)cn1. The summed E-state index contributed by atoms with van der Waals surface area (Å²) in [6.07, 6.45) is 4.09. The lowest BCUT2D eigenvalue weighted by atomic mass is 10.1. The number of carbonyl (C=O) groups excluding carboxylic acids is 1. The summed E-state index contributed by atoms with van der Waals surface area (Å²) in [5.41, 5.74) is 5.61. The molecule has 0 radical (unpaired) electrons. The lowest BCUT2D eigenvalue weighted by Gasteiger charge is -2.38. The van der Waals surface area contributed by atoms with Crippen molar-refractivity contribution in [2.45, 2.75) is 38.0 Å². The van der Waals surface area contributed by atoms with Crippen LogP contribution in [0.4, 0.5) is 5.69 Å². The van der Waals surface area contributed by atoms with Gasteiger partial charge in [-0.05, 0) is 25.7 Å². The van der Waals surface area contributed by atoms with Crippen molar-refractivity contribution in [1.29, 1.82) is 5.41 Å². The zero-order valence-corrected chi connectivity index (χ0v) is 22.5. The minimum absolute atomic E-state index is 0.0221. The van der Waals surface area contributed by atoms with Gasteiger partial charge < -0.3 is 19.9 Å². The molecular formula is C21H29ClN8O6S. The zero-order chi connectivity index (χ0) is 27.5. The number of rotatable bonds is 10. The second kappa shape index (κ2) is 11.4. The quantitative estimate of drug-likeness (QED) is 0.245. The molecule has 3 N–H and O–H groups in total. The average Bonchev–Trinajstić information content (AvgIpc) is 3.72. The van der Waals surface area contributed by atoms with Crippen molar-refractivity contribution in [1.82, 2.24) is 24.4 Å². The van der Waals surface area contributed by atoms with Crippen LogP contribution < -0.4 is 20.2 Å². The summed E-state index contributed by atoms with van der Waals surface area (Å²) in [5.74, 6) is -2.55. The number of sulfonamides is 1. The van der Waals surface area contributed by atoms with Crippen molar-refractivity contribution in [3.05, 3.63) is 29.6 Å². The van der Waals surface area contributed by atoms with Crippen LogP contribution in [0.25, 0.3) is 0 Å². The van der Waals surface area contributed by atoms with Crippen LogP contribution >= 0.6 is 11.6 Å². The summed E-state index contributed by atoms with van der Waals surface area (Å²) in [5, 5.41) is 7.78. The van der Waals surface area contributed by atoms with Crippen molar-refractivity contribution >= 4 is 39.2 Å². The first-order chi connectivity index (χ1) is 17.5. The van der Waals surface area contributed by atoms with Crippen molar-refractivity contribution in [3.63, 3.8) is 0 Å². The Bertz CT molecular complexity index is 1220. The number of nitrogens with zero attached hydrogens (tertiary/aromatic N) is 6. The number of hydrogen-bond acceptors (Lipinski definition) is 11. The highest BCUT2D eigenvalue weighted by molar-refractivity contribution is 7.90. The topological polar surface area (TPSA) is 187 Å². The molecule has 0 saturated heterocycles. The van der Waals surface area contributed by atoms with E-state index in [1.54, 1.807) is 6.92 Å². The van der Waals surface area contributed by atoms with E-state index >= 15 is 0 Å². The van der Waals surface area contributed by atoms with Crippen molar-refractivity contribution in [2.75, 3.05) is 26.3 Å². The standard InChI is InChI=1S/C21H29ClN8O6S/c1-11(13-6-7-13)20(31)29(15-18(35-4)27-10-28-19(15)36-5)30(21(23)24)37(32,33)12(2)16(34-3)17-25-8-14(22)9-26-17/h8-13,16H,6-7H2,1-5H3,(H3,23,24)/t11-,12+,16+/m1/s1. The summed E-state index contributed by atoms with van der Waals surface area (Å²) in [6, 6.07) is 0. The Kier molecular flexibility index (Phi) is 8.71. The predicted molar refractivity (Wildman–Crippen MR) is 133 cm³/mol. The Morgan fingerprint density at radius 3 is 2.08 bits per heavy atom. The van der Waals surface area contributed by atoms with Gasteiger partial charge in [-0.3, -0.25) is 10.2 Å². The maximum atomic E-state index is 14.1. The van der Waals surface area contributed by atoms with E-state index in [1.165, 1.54) is 40.6 Å². The maximum Gasteiger partial charge on any atom is 0.261 e. The Balaban J connectivity index is 2.20. The van der Waals surface area contributed by atoms with Gasteiger partial charge in [-0.2, -0.15) is 15.0 Å². The van der Waals surface area contributed by atoms with E-state index < -0.39 is 39.2 Å². The average molecular weight is 557 g/mol. The second-order valence-electron chi connectivity index (χ2n) is 8.31. The third-order valence-electron chi connectivity index (χ3n) is 5.95. The normalized spacial score (nSPS) is 15.8. The molecule has 2 heterocycles. The third-order valence-corrected chi connectivity index (χ3v) is 8.18. The predicted octanol–water partition coefficient (Wildman–Crippen LogP) is 1.53. The number of aromatic nitrogens is 4. The van der Waals surface area contributed by atoms with E-state index in [0.29, 0.717) is 4.41 Å². The summed E-state index contributed by atoms with van der Waals surface area (Å²) < 4.78 is 44.6. The highest BCUT2D eigenvalue weighted by Crippen LogP contribution is 2.42. The lowest BCUT2D eigenvalue weighted by Crippen LogP contribution is -2.59. The molecule has 0 spiro atoms. The number of hydrazine groups is 1. The summed E-state index contributed by atoms with van der Waals surface area (Å²) >= 11 is 5.87. The molecule has 3 rings (SSSR count). The number of nitrogens with two attached hydrogens (primary N) is 1. The van der Waals surface area contributed by atoms with Crippen LogP contribution in [0.2, 0.25) is 5.02 Å². The number of anilines is 1. The van der Waals surface area contributed by atoms with Crippen LogP contribution in [-0.2, 0) is 19.6 Å². The van der Waals surface area contributed by atoms with Crippen LogP contribution in [0.15, 0.2) is 18.7 Å². The van der Waals surface area contributed by atoms with Gasteiger partial charge in [-0.1, -0.05) is 18.5 Å². The van der Waals surface area contributed by atoms with Crippen molar-refractivity contribution in [2.24, 2.45) is 17.6 Å². The third kappa shape index (κ3) is 5.67. The van der Waals surface area contributed by atoms with Gasteiger partial charge in [0.1, 0.15) is 17.7 Å². The van der Waals surface area contributed by atoms with Gasteiger partial charge in [0.15, 0.2) is 11.5 Å². The summed E-state index contributed by atoms with van der Waals surface area (Å²) in [4.78, 5) is 30.0. The first-order valence-electron chi connectivity index (χ1n) is 11.1. The monoisotopic (exact) mass is 556 g/mol. The largest absolute Gasteiger partial charge is 0.479 e. The number of ether oxygens (including phenoxy) is 3. The Morgan fingerprint density at radius 2 is 1.65 bits per heavy atom. The van der Waals surface area contributed by atoms with Gasteiger partial charge in [-0.15, -0.1) is 4.41 Å². The summed E-state index contributed by atoms with van der Waals surface area (Å²) in [7, 11) is -0.819. The first-order valence-corrected chi connectivity index (χ1v) is 13.0. The zero-order valence-electron chi connectivity index (χ0n) is 21.0. The minimum atomic E-state index is -4.67. The smallest absolute Gasteiger partial charge is 0.261 e. The molecule has 0 aromatic carbocycles. The Morgan fingerprint density at radius 1 is 1.11 bits per heavy atom. The maximum absolute atomic E-state index is 14.1. The molecule has 0 unspecified atom stereocenters. The number of hydrogen-bond donors (Lipinski definition) is 2. The van der Waals surface area contributed by atoms with Gasteiger partial charge in [0.05, 0.1) is 19.2 Å². The molecule has 16 heteroatoms. The number of nitrogens with one attached hydrogen (secondary N) is 1. The second-order valence-corrected chi connectivity index (χ2v) is 10.9. The lowest BCUT2D eigenvalue weighted by molar-refractivity contribution is -0.124. The molecule has 0 aliphatic heterocycles. The Labute approximate surface area is 219 Å². The number of carbonyl (C=O) groups is 1. The highest BCUT2D eigenvalue weighted by Gasteiger charge is 2.47. The molecule has 3 atom stereocenters. The number of guanidine groups is 1.